The molecule has 3 aromatic carbocycles. The maximum atomic E-state index is 5.64. The van der Waals surface area contributed by atoms with Gasteiger partial charge >= 0.3 is 0 Å². The number of anilines is 4. The van der Waals surface area contributed by atoms with E-state index in [1.54, 1.807) is 0 Å². The highest BCUT2D eigenvalue weighted by atomic mass is 35.5. The van der Waals surface area contributed by atoms with Gasteiger partial charge in [0.2, 0.25) is 0 Å². The summed E-state index contributed by atoms with van der Waals surface area (Å²) in [7, 11) is 0. The maximum absolute atomic E-state index is 5.64. The number of aryl methyl sites for hydroxylation is 2. The molecule has 3 rings (SSSR count). The van der Waals surface area contributed by atoms with Crippen LogP contribution in [0.5, 0.6) is 0 Å². The van der Waals surface area contributed by atoms with Gasteiger partial charge in [0.25, 0.3) is 0 Å². The molecule has 0 saturated heterocycles. The van der Waals surface area contributed by atoms with Crippen LogP contribution in [-0.2, 0) is 12.8 Å². The molecule has 6 heteroatoms. The summed E-state index contributed by atoms with van der Waals surface area (Å²) < 4.78 is 0. The number of nitrogens with two attached hydrogens (primary N) is 4. The summed E-state index contributed by atoms with van der Waals surface area (Å²) in [6.45, 7) is 0. The van der Waals surface area contributed by atoms with Gasteiger partial charge in [-0.15, -0.1) is 0 Å². The van der Waals surface area contributed by atoms with Crippen LogP contribution in [0.25, 0.3) is 0 Å². The van der Waals surface area contributed by atoms with Crippen molar-refractivity contribution in [1.29, 1.82) is 0 Å². The minimum Gasteiger partial charge on any atom is -0.399 e. The maximum Gasteiger partial charge on any atom is 0.0656 e. The summed E-state index contributed by atoms with van der Waals surface area (Å²) >= 11 is 11.2. The van der Waals surface area contributed by atoms with E-state index in [0.29, 0.717) is 21.4 Å². The molecule has 0 aliphatic heterocycles. The number of rotatable bonds is 3. The van der Waals surface area contributed by atoms with Crippen molar-refractivity contribution in [2.45, 2.75) is 12.8 Å². The monoisotopic (exact) mass is 388 g/mol. The van der Waals surface area contributed by atoms with Gasteiger partial charge in [0.15, 0.2) is 0 Å². The molecule has 4 nitrogen and oxygen atoms in total. The lowest BCUT2D eigenvalue weighted by Crippen LogP contribution is -1.93. The SMILES string of the molecule is Nc1cc(Cl)c(N)cc1Cl.Nc1ccc(CCc2ccc(N)cc2)cc1. The average molecular weight is 389 g/mol. The van der Waals surface area contributed by atoms with E-state index >= 15 is 0 Å². The Bertz CT molecular complexity index is 751. The first-order valence-corrected chi connectivity index (χ1v) is 8.79. The molecule has 0 saturated carbocycles. The highest BCUT2D eigenvalue weighted by molar-refractivity contribution is 6.36. The molecule has 0 bridgehead atoms. The van der Waals surface area contributed by atoms with Crippen molar-refractivity contribution in [3.63, 3.8) is 0 Å². The van der Waals surface area contributed by atoms with Gasteiger partial charge in [0, 0.05) is 11.4 Å². The number of hydrogen-bond acceptors (Lipinski definition) is 4. The van der Waals surface area contributed by atoms with Crippen molar-refractivity contribution in [2.24, 2.45) is 0 Å². The van der Waals surface area contributed by atoms with Crippen LogP contribution in [0.1, 0.15) is 11.1 Å². The smallest absolute Gasteiger partial charge is 0.0656 e. The molecule has 0 aromatic heterocycles. The van der Waals surface area contributed by atoms with Crippen LogP contribution in [0.15, 0.2) is 60.7 Å². The molecule has 0 amide bonds. The van der Waals surface area contributed by atoms with E-state index < -0.39 is 0 Å². The van der Waals surface area contributed by atoms with Gasteiger partial charge < -0.3 is 22.9 Å². The van der Waals surface area contributed by atoms with Crippen LogP contribution in [-0.4, -0.2) is 0 Å². The van der Waals surface area contributed by atoms with Gasteiger partial charge in [-0.05, 0) is 60.4 Å². The van der Waals surface area contributed by atoms with E-state index in [2.05, 4.69) is 24.3 Å². The Balaban J connectivity index is 0.000000209. The van der Waals surface area contributed by atoms with E-state index in [-0.39, 0.29) is 0 Å². The Labute approximate surface area is 163 Å². The summed E-state index contributed by atoms with van der Waals surface area (Å²) in [5.41, 5.74) is 27.3. The Kier molecular flexibility index (Phi) is 7.01. The summed E-state index contributed by atoms with van der Waals surface area (Å²) in [4.78, 5) is 0. The van der Waals surface area contributed by atoms with Gasteiger partial charge in [-0.1, -0.05) is 47.5 Å². The predicted octanol–water partition coefficient (Wildman–Crippen LogP) is 4.79. The third-order valence-corrected chi connectivity index (χ3v) is 4.43. The van der Waals surface area contributed by atoms with Crippen LogP contribution in [0.4, 0.5) is 22.7 Å². The lowest BCUT2D eigenvalue weighted by atomic mass is 10.0. The Morgan fingerprint density at radius 2 is 0.846 bits per heavy atom. The van der Waals surface area contributed by atoms with Gasteiger partial charge in [-0.25, -0.2) is 0 Å². The van der Waals surface area contributed by atoms with Gasteiger partial charge in [-0.3, -0.25) is 0 Å². The van der Waals surface area contributed by atoms with Gasteiger partial charge in [-0.2, -0.15) is 0 Å². The lowest BCUT2D eigenvalue weighted by molar-refractivity contribution is 0.961. The predicted molar refractivity (Wildman–Crippen MR) is 114 cm³/mol. The first-order valence-electron chi connectivity index (χ1n) is 8.04. The molecule has 0 radical (unpaired) electrons. The fraction of sp³-hybridized carbons (Fsp3) is 0.100. The molecule has 0 fully saturated rings. The summed E-state index contributed by atoms with van der Waals surface area (Å²) in [6, 6.07) is 19.1. The second-order valence-corrected chi connectivity index (χ2v) is 6.69. The largest absolute Gasteiger partial charge is 0.399 e. The molecule has 26 heavy (non-hydrogen) atoms. The van der Waals surface area contributed by atoms with Crippen molar-refractivity contribution in [3.05, 3.63) is 81.8 Å². The second kappa shape index (κ2) is 9.22. The van der Waals surface area contributed by atoms with E-state index in [1.807, 2.05) is 24.3 Å². The zero-order chi connectivity index (χ0) is 19.1. The number of benzene rings is 3. The zero-order valence-corrected chi connectivity index (χ0v) is 15.8. The molecule has 0 heterocycles. The van der Waals surface area contributed by atoms with Crippen LogP contribution >= 0.6 is 23.2 Å². The first-order chi connectivity index (χ1) is 12.3. The molecule has 0 unspecified atom stereocenters. The first kappa shape index (κ1) is 19.8. The minimum absolute atomic E-state index is 0.432. The highest BCUT2D eigenvalue weighted by Crippen LogP contribution is 2.28. The molecular formula is C20H22Cl2N4. The topological polar surface area (TPSA) is 104 Å². The molecule has 0 atom stereocenters. The average Bonchev–Trinajstić information content (AvgIpc) is 2.62. The quantitative estimate of drug-likeness (QED) is 0.483. The zero-order valence-electron chi connectivity index (χ0n) is 14.3. The summed E-state index contributed by atoms with van der Waals surface area (Å²) in [6.07, 6.45) is 2.06. The van der Waals surface area contributed by atoms with Crippen molar-refractivity contribution >= 4 is 46.0 Å². The molecule has 0 aliphatic rings. The van der Waals surface area contributed by atoms with Crippen LogP contribution in [0.2, 0.25) is 10.0 Å². The molecule has 8 N–H and O–H groups in total. The summed E-state index contributed by atoms with van der Waals surface area (Å²) in [5, 5.41) is 0.865. The molecule has 3 aromatic rings. The Morgan fingerprint density at radius 1 is 0.538 bits per heavy atom. The van der Waals surface area contributed by atoms with Crippen molar-refractivity contribution < 1.29 is 0 Å². The van der Waals surface area contributed by atoms with E-state index in [4.69, 9.17) is 46.1 Å². The molecule has 136 valence electrons. The fourth-order valence-corrected chi connectivity index (χ4v) is 2.58. The van der Waals surface area contributed by atoms with E-state index in [9.17, 15) is 0 Å². The third kappa shape index (κ3) is 6.06. The van der Waals surface area contributed by atoms with E-state index in [0.717, 1.165) is 24.2 Å². The number of nitrogen functional groups attached to an aromatic ring is 4. The third-order valence-electron chi connectivity index (χ3n) is 3.78. The standard InChI is InChI=1S/C14H16N2.C6H6Cl2N2/c15-13-7-3-11(4-8-13)1-2-12-5-9-14(16)10-6-12;7-3-1-5(9)4(8)2-6(3)10/h3-10H,1-2,15-16H2;1-2H,9-10H2. The van der Waals surface area contributed by atoms with Crippen molar-refractivity contribution in [1.82, 2.24) is 0 Å². The Morgan fingerprint density at radius 3 is 1.15 bits per heavy atom. The van der Waals surface area contributed by atoms with Gasteiger partial charge in [0.05, 0.1) is 21.4 Å². The van der Waals surface area contributed by atoms with Gasteiger partial charge in [0.1, 0.15) is 0 Å². The van der Waals surface area contributed by atoms with E-state index in [1.165, 1.54) is 23.3 Å². The van der Waals surface area contributed by atoms with Crippen molar-refractivity contribution in [3.8, 4) is 0 Å². The number of halogens is 2. The normalized spacial score (nSPS) is 10.1. The highest BCUT2D eigenvalue weighted by Gasteiger charge is 2.00. The Hall–Kier alpha value is -2.56. The molecule has 0 spiro atoms. The van der Waals surface area contributed by atoms with Crippen LogP contribution in [0, 0.1) is 0 Å². The minimum atomic E-state index is 0.432. The number of hydrogen-bond donors (Lipinski definition) is 4. The summed E-state index contributed by atoms with van der Waals surface area (Å²) in [5.74, 6) is 0. The molecular weight excluding hydrogens is 367 g/mol. The lowest BCUT2D eigenvalue weighted by Gasteiger charge is -2.03. The second-order valence-electron chi connectivity index (χ2n) is 5.88. The molecule has 0 aliphatic carbocycles. The fourth-order valence-electron chi connectivity index (χ4n) is 2.23. The van der Waals surface area contributed by atoms with Crippen LogP contribution < -0.4 is 22.9 Å². The van der Waals surface area contributed by atoms with Crippen molar-refractivity contribution in [2.75, 3.05) is 22.9 Å². The van der Waals surface area contributed by atoms with Crippen LogP contribution in [0.3, 0.4) is 0 Å².